The van der Waals surface area contributed by atoms with Crippen molar-refractivity contribution in [2.75, 3.05) is 0 Å². The molecule has 0 saturated carbocycles. The van der Waals surface area contributed by atoms with Gasteiger partial charge >= 0.3 is 5.97 Å². The van der Waals surface area contributed by atoms with Crippen molar-refractivity contribution in [3.8, 4) is 0 Å². The molecule has 4 N–H and O–H groups in total. The molecule has 0 aliphatic carbocycles. The molecule has 0 heterocycles. The summed E-state index contributed by atoms with van der Waals surface area (Å²) < 4.78 is 22.3. The lowest BCUT2D eigenvalue weighted by Crippen LogP contribution is -2.35. The van der Waals surface area contributed by atoms with Crippen LogP contribution in [0.1, 0.15) is 18.9 Å². The average Bonchev–Trinajstić information content (AvgIpc) is 2.28. The van der Waals surface area contributed by atoms with Crippen LogP contribution in [0.25, 0.3) is 0 Å². The van der Waals surface area contributed by atoms with Gasteiger partial charge in [-0.1, -0.05) is 19.1 Å². The number of carboxylic acids is 1. The highest BCUT2D eigenvalue weighted by molar-refractivity contribution is 7.89. The third kappa shape index (κ3) is 4.10. The first-order chi connectivity index (χ1) is 8.34. The van der Waals surface area contributed by atoms with Gasteiger partial charge in [0.15, 0.2) is 0 Å². The van der Waals surface area contributed by atoms with Crippen LogP contribution in [0, 0.1) is 0 Å². The van der Waals surface area contributed by atoms with Gasteiger partial charge in [-0.05, 0) is 24.1 Å². The van der Waals surface area contributed by atoms with Gasteiger partial charge in [0.2, 0.25) is 10.0 Å². The minimum Gasteiger partial charge on any atom is -0.480 e. The maximum absolute atomic E-state index is 11.2. The summed E-state index contributed by atoms with van der Waals surface area (Å²) >= 11 is 0. The van der Waals surface area contributed by atoms with E-state index in [0.717, 1.165) is 0 Å². The third-order valence-corrected chi connectivity index (χ3v) is 3.40. The van der Waals surface area contributed by atoms with Gasteiger partial charge in [-0.25, -0.2) is 13.6 Å². The highest BCUT2D eigenvalue weighted by Crippen LogP contribution is 2.10. The Kier molecular flexibility index (Phi) is 4.83. The first-order valence-electron chi connectivity index (χ1n) is 5.42. The Hall–Kier alpha value is -1.44. The number of primary sulfonamides is 1. The van der Waals surface area contributed by atoms with Crippen LogP contribution in [0.2, 0.25) is 0 Å². The highest BCUT2D eigenvalue weighted by Gasteiger charge is 2.14. The molecule has 0 fully saturated rings. The molecule has 0 radical (unpaired) electrons. The molecule has 0 amide bonds. The molecule has 1 aromatic rings. The van der Waals surface area contributed by atoms with Gasteiger partial charge in [-0.2, -0.15) is 0 Å². The minimum atomic E-state index is -3.73. The molecule has 1 unspecified atom stereocenters. The summed E-state index contributed by atoms with van der Waals surface area (Å²) in [5.41, 5.74) is 0.668. The molecule has 0 aliphatic rings. The highest BCUT2D eigenvalue weighted by atomic mass is 32.2. The zero-order valence-electron chi connectivity index (χ0n) is 9.96. The van der Waals surface area contributed by atoms with Crippen LogP contribution in [0.4, 0.5) is 0 Å². The van der Waals surface area contributed by atoms with E-state index < -0.39 is 22.0 Å². The molecule has 6 nitrogen and oxygen atoms in total. The fourth-order valence-electron chi connectivity index (χ4n) is 1.48. The van der Waals surface area contributed by atoms with Crippen molar-refractivity contribution >= 4 is 16.0 Å². The third-order valence-electron chi connectivity index (χ3n) is 2.49. The van der Waals surface area contributed by atoms with E-state index in [1.807, 2.05) is 0 Å². The Labute approximate surface area is 106 Å². The Morgan fingerprint density at radius 1 is 1.50 bits per heavy atom. The molecule has 100 valence electrons. The van der Waals surface area contributed by atoms with E-state index in [4.69, 9.17) is 10.2 Å². The molecule has 0 saturated heterocycles. The number of nitrogens with one attached hydrogen (secondary N) is 1. The molecule has 1 rings (SSSR count). The second-order valence-electron chi connectivity index (χ2n) is 3.87. The van der Waals surface area contributed by atoms with E-state index in [1.54, 1.807) is 19.1 Å². The predicted octanol–water partition coefficient (Wildman–Crippen LogP) is 0.287. The second kappa shape index (κ2) is 5.94. The van der Waals surface area contributed by atoms with Crippen LogP contribution >= 0.6 is 0 Å². The van der Waals surface area contributed by atoms with E-state index in [1.165, 1.54) is 12.1 Å². The SMILES string of the molecule is CCC(NCc1cccc(S(N)(=O)=O)c1)C(=O)O. The summed E-state index contributed by atoms with van der Waals surface area (Å²) in [6.45, 7) is 2.03. The lowest BCUT2D eigenvalue weighted by atomic mass is 10.2. The maximum Gasteiger partial charge on any atom is 0.320 e. The van der Waals surface area contributed by atoms with E-state index in [2.05, 4.69) is 5.32 Å². The zero-order valence-corrected chi connectivity index (χ0v) is 10.8. The molecule has 7 heteroatoms. The number of benzene rings is 1. The van der Waals surface area contributed by atoms with E-state index in [-0.39, 0.29) is 11.4 Å². The number of hydrogen-bond acceptors (Lipinski definition) is 4. The Morgan fingerprint density at radius 2 is 2.17 bits per heavy atom. The van der Waals surface area contributed by atoms with Gasteiger partial charge in [-0.3, -0.25) is 4.79 Å². The van der Waals surface area contributed by atoms with Crippen molar-refractivity contribution in [2.45, 2.75) is 30.8 Å². The number of sulfonamides is 1. The molecule has 0 aliphatic heterocycles. The molecule has 0 spiro atoms. The fraction of sp³-hybridized carbons (Fsp3) is 0.364. The van der Waals surface area contributed by atoms with E-state index >= 15 is 0 Å². The Balaban J connectivity index is 2.77. The molecular weight excluding hydrogens is 256 g/mol. The van der Waals surface area contributed by atoms with Crippen LogP contribution < -0.4 is 10.5 Å². The average molecular weight is 272 g/mol. The van der Waals surface area contributed by atoms with Crippen LogP contribution in [-0.2, 0) is 21.4 Å². The van der Waals surface area contributed by atoms with Crippen molar-refractivity contribution in [2.24, 2.45) is 5.14 Å². The molecule has 0 aromatic heterocycles. The van der Waals surface area contributed by atoms with Crippen molar-refractivity contribution in [3.05, 3.63) is 29.8 Å². The fourth-order valence-corrected chi connectivity index (χ4v) is 2.06. The van der Waals surface area contributed by atoms with Crippen LogP contribution in [0.15, 0.2) is 29.2 Å². The summed E-state index contributed by atoms with van der Waals surface area (Å²) in [7, 11) is -3.73. The minimum absolute atomic E-state index is 0.0187. The van der Waals surface area contributed by atoms with Gasteiger partial charge in [0.05, 0.1) is 4.90 Å². The van der Waals surface area contributed by atoms with Crippen molar-refractivity contribution in [1.29, 1.82) is 0 Å². The van der Waals surface area contributed by atoms with E-state index in [0.29, 0.717) is 12.0 Å². The van der Waals surface area contributed by atoms with Crippen LogP contribution in [-0.4, -0.2) is 25.5 Å². The normalized spacial score (nSPS) is 13.2. The van der Waals surface area contributed by atoms with Crippen molar-refractivity contribution < 1.29 is 18.3 Å². The summed E-state index contributed by atoms with van der Waals surface area (Å²) in [5, 5.41) is 16.7. The number of aliphatic carboxylic acids is 1. The van der Waals surface area contributed by atoms with Gasteiger partial charge < -0.3 is 10.4 Å². The number of hydrogen-bond donors (Lipinski definition) is 3. The summed E-state index contributed by atoms with van der Waals surface area (Å²) in [6.07, 6.45) is 0.449. The first-order valence-corrected chi connectivity index (χ1v) is 6.97. The topological polar surface area (TPSA) is 109 Å². The van der Waals surface area contributed by atoms with Gasteiger partial charge in [0.25, 0.3) is 0 Å². The maximum atomic E-state index is 11.2. The smallest absolute Gasteiger partial charge is 0.320 e. The van der Waals surface area contributed by atoms with Gasteiger partial charge in [-0.15, -0.1) is 0 Å². The lowest BCUT2D eigenvalue weighted by Gasteiger charge is -2.12. The first kappa shape index (κ1) is 14.6. The molecule has 1 atom stereocenters. The number of nitrogens with two attached hydrogens (primary N) is 1. The molecule has 1 aromatic carbocycles. The summed E-state index contributed by atoms with van der Waals surface area (Å²) in [4.78, 5) is 10.8. The predicted molar refractivity (Wildman–Crippen MR) is 66.4 cm³/mol. The Bertz CT molecular complexity index is 528. The van der Waals surface area contributed by atoms with Crippen LogP contribution in [0.3, 0.4) is 0 Å². The quantitative estimate of drug-likeness (QED) is 0.689. The van der Waals surface area contributed by atoms with Crippen molar-refractivity contribution in [1.82, 2.24) is 5.32 Å². The van der Waals surface area contributed by atoms with Crippen LogP contribution in [0.5, 0.6) is 0 Å². The standard InChI is InChI=1S/C11H16N2O4S/c1-2-10(11(14)15)13-7-8-4-3-5-9(6-8)18(12,16)17/h3-6,10,13H,2,7H2,1H3,(H,14,15)(H2,12,16,17). The molecule has 18 heavy (non-hydrogen) atoms. The van der Waals surface area contributed by atoms with Gasteiger partial charge in [0.1, 0.15) is 6.04 Å². The monoisotopic (exact) mass is 272 g/mol. The number of carbonyl (C=O) groups is 1. The molecule has 0 bridgehead atoms. The summed E-state index contributed by atoms with van der Waals surface area (Å²) in [5.74, 6) is -0.930. The van der Waals surface area contributed by atoms with E-state index in [9.17, 15) is 13.2 Å². The number of rotatable bonds is 6. The zero-order chi connectivity index (χ0) is 13.8. The lowest BCUT2D eigenvalue weighted by molar-refractivity contribution is -0.139. The van der Waals surface area contributed by atoms with Crippen molar-refractivity contribution in [3.63, 3.8) is 0 Å². The largest absolute Gasteiger partial charge is 0.480 e. The molecular formula is C11H16N2O4S. The Morgan fingerprint density at radius 3 is 2.67 bits per heavy atom. The summed E-state index contributed by atoms with van der Waals surface area (Å²) in [6, 6.07) is 5.45. The second-order valence-corrected chi connectivity index (χ2v) is 5.43. The number of carboxylic acid groups (broad SMARTS) is 1. The van der Waals surface area contributed by atoms with Gasteiger partial charge in [0, 0.05) is 6.54 Å².